The van der Waals surface area contributed by atoms with Gasteiger partial charge in [-0.25, -0.2) is 4.98 Å². The molecule has 0 aliphatic rings. The number of hydrogen-bond donors (Lipinski definition) is 3. The largest absolute Gasteiger partial charge is 0.383 e. The van der Waals surface area contributed by atoms with Crippen LogP contribution in [0.25, 0.3) is 0 Å². The van der Waals surface area contributed by atoms with Gasteiger partial charge in [0.05, 0.1) is 5.56 Å². The number of carbonyl (C=O) groups excluding carboxylic acids is 2. The van der Waals surface area contributed by atoms with Crippen LogP contribution in [0.1, 0.15) is 16.8 Å². The van der Waals surface area contributed by atoms with E-state index in [9.17, 15) is 9.59 Å². The molecule has 0 radical (unpaired) electrons. The number of anilines is 1. The van der Waals surface area contributed by atoms with Crippen LogP contribution >= 0.6 is 0 Å². The molecular weight excluding hydrogens is 208 g/mol. The number of rotatable bonds is 4. The van der Waals surface area contributed by atoms with Crippen molar-refractivity contribution >= 4 is 17.6 Å². The lowest BCUT2D eigenvalue weighted by molar-refractivity contribution is -0.120. The van der Waals surface area contributed by atoms with E-state index in [0.29, 0.717) is 5.56 Å². The van der Waals surface area contributed by atoms with Crippen LogP contribution in [0.3, 0.4) is 0 Å². The van der Waals surface area contributed by atoms with Crippen molar-refractivity contribution in [3.63, 3.8) is 0 Å². The highest BCUT2D eigenvalue weighted by atomic mass is 16.2. The summed E-state index contributed by atoms with van der Waals surface area (Å²) in [4.78, 5) is 26.3. The molecule has 16 heavy (non-hydrogen) atoms. The summed E-state index contributed by atoms with van der Waals surface area (Å²) < 4.78 is 0. The van der Waals surface area contributed by atoms with E-state index in [0.717, 1.165) is 0 Å². The second-order valence-corrected chi connectivity index (χ2v) is 3.12. The number of amides is 2. The second kappa shape index (κ2) is 5.69. The number of hydrogen-bond acceptors (Lipinski definition) is 4. The van der Waals surface area contributed by atoms with Gasteiger partial charge < -0.3 is 16.4 Å². The molecule has 1 aromatic rings. The number of aromatic nitrogens is 1. The van der Waals surface area contributed by atoms with Gasteiger partial charge in [0.1, 0.15) is 5.82 Å². The van der Waals surface area contributed by atoms with Crippen molar-refractivity contribution in [2.45, 2.75) is 6.42 Å². The molecule has 0 spiro atoms. The number of nitrogen functional groups attached to an aromatic ring is 1. The van der Waals surface area contributed by atoms with Gasteiger partial charge in [-0.05, 0) is 12.1 Å². The first-order valence-corrected chi connectivity index (χ1v) is 4.84. The molecule has 0 atom stereocenters. The third kappa shape index (κ3) is 3.23. The fraction of sp³-hybridized carbons (Fsp3) is 0.300. The molecule has 0 aromatic carbocycles. The third-order valence-corrected chi connectivity index (χ3v) is 2.00. The summed E-state index contributed by atoms with van der Waals surface area (Å²) >= 11 is 0. The summed E-state index contributed by atoms with van der Waals surface area (Å²) in [5.41, 5.74) is 5.85. The predicted molar refractivity (Wildman–Crippen MR) is 59.7 cm³/mol. The normalized spacial score (nSPS) is 9.56. The van der Waals surface area contributed by atoms with Crippen molar-refractivity contribution in [2.24, 2.45) is 0 Å². The maximum atomic E-state index is 11.6. The molecule has 86 valence electrons. The van der Waals surface area contributed by atoms with E-state index in [-0.39, 0.29) is 30.6 Å². The summed E-state index contributed by atoms with van der Waals surface area (Å²) in [5, 5.41) is 5.05. The molecule has 1 heterocycles. The molecule has 0 bridgehead atoms. The van der Waals surface area contributed by atoms with Crippen LogP contribution in [-0.2, 0) is 4.79 Å². The smallest absolute Gasteiger partial charge is 0.255 e. The maximum absolute atomic E-state index is 11.6. The van der Waals surface area contributed by atoms with Crippen LogP contribution in [0.5, 0.6) is 0 Å². The first-order chi connectivity index (χ1) is 7.65. The van der Waals surface area contributed by atoms with E-state index in [1.54, 1.807) is 19.2 Å². The molecule has 1 aromatic heterocycles. The Morgan fingerprint density at radius 3 is 2.88 bits per heavy atom. The average molecular weight is 222 g/mol. The van der Waals surface area contributed by atoms with Gasteiger partial charge in [-0.3, -0.25) is 9.59 Å². The van der Waals surface area contributed by atoms with Gasteiger partial charge in [0.25, 0.3) is 5.91 Å². The first-order valence-electron chi connectivity index (χ1n) is 4.84. The highest BCUT2D eigenvalue weighted by molar-refractivity contribution is 5.98. The Labute approximate surface area is 93.2 Å². The lowest BCUT2D eigenvalue weighted by atomic mass is 10.2. The van der Waals surface area contributed by atoms with Crippen LogP contribution < -0.4 is 16.4 Å². The molecule has 0 aliphatic carbocycles. The van der Waals surface area contributed by atoms with Gasteiger partial charge in [0.15, 0.2) is 0 Å². The molecule has 0 unspecified atom stereocenters. The molecular formula is C10H14N4O2. The number of nitrogens with one attached hydrogen (secondary N) is 2. The van der Waals surface area contributed by atoms with Crippen LogP contribution in [0.15, 0.2) is 18.3 Å². The van der Waals surface area contributed by atoms with Crippen LogP contribution in [0.4, 0.5) is 5.82 Å². The topological polar surface area (TPSA) is 97.1 Å². The van der Waals surface area contributed by atoms with E-state index in [1.807, 2.05) is 0 Å². The van der Waals surface area contributed by atoms with Crippen LogP contribution in [0.2, 0.25) is 0 Å². The zero-order valence-electron chi connectivity index (χ0n) is 8.99. The van der Waals surface area contributed by atoms with Gasteiger partial charge in [-0.2, -0.15) is 0 Å². The molecule has 0 aliphatic heterocycles. The minimum atomic E-state index is -0.325. The number of nitrogens with two attached hydrogens (primary N) is 1. The molecule has 0 fully saturated rings. The number of nitrogens with zero attached hydrogens (tertiary/aromatic N) is 1. The minimum Gasteiger partial charge on any atom is -0.383 e. The SMILES string of the molecule is CNC(=O)CCNC(=O)c1cccnc1N. The van der Waals surface area contributed by atoms with Gasteiger partial charge in [0, 0.05) is 26.2 Å². The Hall–Kier alpha value is -2.11. The molecule has 0 saturated carbocycles. The Kier molecular flexibility index (Phi) is 4.26. The second-order valence-electron chi connectivity index (χ2n) is 3.12. The van der Waals surface area contributed by atoms with E-state index in [4.69, 9.17) is 5.73 Å². The van der Waals surface area contributed by atoms with Crippen molar-refractivity contribution in [3.8, 4) is 0 Å². The molecule has 6 heteroatoms. The lowest BCUT2D eigenvalue weighted by Crippen LogP contribution is -2.29. The number of carbonyl (C=O) groups is 2. The fourth-order valence-electron chi connectivity index (χ4n) is 1.12. The summed E-state index contributed by atoms with van der Waals surface area (Å²) in [6.07, 6.45) is 1.75. The molecule has 0 saturated heterocycles. The first kappa shape index (κ1) is 12.0. The van der Waals surface area contributed by atoms with E-state index in [1.165, 1.54) is 6.20 Å². The van der Waals surface area contributed by atoms with Gasteiger partial charge in [0.2, 0.25) is 5.91 Å². The summed E-state index contributed by atoms with van der Waals surface area (Å²) in [7, 11) is 1.54. The quantitative estimate of drug-likeness (QED) is 0.641. The summed E-state index contributed by atoms with van der Waals surface area (Å²) in [5.74, 6) is -0.270. The average Bonchev–Trinajstić information content (AvgIpc) is 2.29. The van der Waals surface area contributed by atoms with Crippen molar-refractivity contribution in [3.05, 3.63) is 23.9 Å². The lowest BCUT2D eigenvalue weighted by Gasteiger charge is -2.05. The Morgan fingerprint density at radius 2 is 2.25 bits per heavy atom. The Bertz CT molecular complexity index is 392. The van der Waals surface area contributed by atoms with Crippen LogP contribution in [-0.4, -0.2) is 30.4 Å². The van der Waals surface area contributed by atoms with Crippen molar-refractivity contribution in [1.82, 2.24) is 15.6 Å². The van der Waals surface area contributed by atoms with Crippen LogP contribution in [0, 0.1) is 0 Å². The zero-order chi connectivity index (χ0) is 12.0. The monoisotopic (exact) mass is 222 g/mol. The van der Waals surface area contributed by atoms with Gasteiger partial charge >= 0.3 is 0 Å². The standard InChI is InChI=1S/C10H14N4O2/c1-12-8(15)4-6-14-10(16)7-3-2-5-13-9(7)11/h2-3,5H,4,6H2,1H3,(H2,11,13)(H,12,15)(H,14,16). The molecule has 1 rings (SSSR count). The van der Waals surface area contributed by atoms with Crippen molar-refractivity contribution in [1.29, 1.82) is 0 Å². The van der Waals surface area contributed by atoms with Gasteiger partial charge in [-0.1, -0.05) is 0 Å². The third-order valence-electron chi connectivity index (χ3n) is 2.00. The Balaban J connectivity index is 2.47. The zero-order valence-corrected chi connectivity index (χ0v) is 8.99. The summed E-state index contributed by atoms with van der Waals surface area (Å²) in [6.45, 7) is 0.271. The number of pyridine rings is 1. The maximum Gasteiger partial charge on any atom is 0.255 e. The van der Waals surface area contributed by atoms with E-state index >= 15 is 0 Å². The molecule has 4 N–H and O–H groups in total. The minimum absolute atomic E-state index is 0.126. The highest BCUT2D eigenvalue weighted by Crippen LogP contribution is 2.05. The fourth-order valence-corrected chi connectivity index (χ4v) is 1.12. The highest BCUT2D eigenvalue weighted by Gasteiger charge is 2.09. The van der Waals surface area contributed by atoms with Gasteiger partial charge in [-0.15, -0.1) is 0 Å². The van der Waals surface area contributed by atoms with Crippen molar-refractivity contribution in [2.75, 3.05) is 19.3 Å². The van der Waals surface area contributed by atoms with Crippen molar-refractivity contribution < 1.29 is 9.59 Å². The van der Waals surface area contributed by atoms with E-state index in [2.05, 4.69) is 15.6 Å². The molecule has 2 amide bonds. The molecule has 6 nitrogen and oxygen atoms in total. The summed E-state index contributed by atoms with van der Waals surface area (Å²) in [6, 6.07) is 3.21. The predicted octanol–water partition coefficient (Wildman–Crippen LogP) is -0.470. The van der Waals surface area contributed by atoms with E-state index < -0.39 is 0 Å². The Morgan fingerprint density at radius 1 is 1.50 bits per heavy atom.